The highest BCUT2D eigenvalue weighted by atomic mass is 32.2. The Morgan fingerprint density at radius 2 is 1.61 bits per heavy atom. The van der Waals surface area contributed by atoms with Gasteiger partial charge in [0.05, 0.1) is 7.11 Å². The van der Waals surface area contributed by atoms with E-state index in [0.717, 1.165) is 43.4 Å². The molecule has 11 heteroatoms. The summed E-state index contributed by atoms with van der Waals surface area (Å²) >= 11 is 1.70. The number of carbonyl (C=O) groups is 2. The molecule has 0 radical (unpaired) electrons. The third kappa shape index (κ3) is 31.9. The van der Waals surface area contributed by atoms with Crippen molar-refractivity contribution in [3.8, 4) is 5.75 Å². The molecule has 3 rings (SSSR count). The Kier molecular flexibility index (Phi) is 27.0. The quantitative estimate of drug-likeness (QED) is 0.169. The lowest BCUT2D eigenvalue weighted by Gasteiger charge is -2.23. The first-order valence-electron chi connectivity index (χ1n) is 15.0. The number of primary amides is 1. The van der Waals surface area contributed by atoms with E-state index in [0.29, 0.717) is 12.5 Å². The van der Waals surface area contributed by atoms with E-state index < -0.39 is 17.8 Å². The molecule has 0 aliphatic carbocycles. The highest BCUT2D eigenvalue weighted by Crippen LogP contribution is 2.25. The molecular weight excluding hydrogens is 582 g/mol. The van der Waals surface area contributed by atoms with Gasteiger partial charge < -0.3 is 35.5 Å². The summed E-state index contributed by atoms with van der Waals surface area (Å²) < 4.78 is 16.9. The fraction of sp³-hybridized carbons (Fsp3) is 0.576. The molecule has 2 aromatic rings. The van der Waals surface area contributed by atoms with Crippen LogP contribution in [0.4, 0.5) is 9.59 Å². The van der Waals surface area contributed by atoms with Crippen LogP contribution < -0.4 is 15.8 Å². The summed E-state index contributed by atoms with van der Waals surface area (Å²) in [6, 6.07) is 18.2. The van der Waals surface area contributed by atoms with Crippen molar-refractivity contribution in [1.29, 1.82) is 0 Å². The van der Waals surface area contributed by atoms with Crippen LogP contribution in [0.15, 0.2) is 59.5 Å². The summed E-state index contributed by atoms with van der Waals surface area (Å²) in [6.07, 6.45) is 1.66. The van der Waals surface area contributed by atoms with Crippen molar-refractivity contribution in [2.45, 2.75) is 78.2 Å². The van der Waals surface area contributed by atoms with E-state index in [2.05, 4.69) is 47.3 Å². The molecular formula is C33H57N3O7S. The van der Waals surface area contributed by atoms with Gasteiger partial charge >= 0.3 is 12.2 Å². The van der Waals surface area contributed by atoms with Crippen molar-refractivity contribution < 1.29 is 34.0 Å². The van der Waals surface area contributed by atoms with Crippen LogP contribution in [0.2, 0.25) is 0 Å². The lowest BCUT2D eigenvalue weighted by Crippen LogP contribution is -2.27. The zero-order valence-corrected chi connectivity index (χ0v) is 28.8. The molecule has 10 nitrogen and oxygen atoms in total. The molecule has 0 spiro atoms. The Hall–Kier alpha value is -2.99. The Morgan fingerprint density at radius 3 is 1.93 bits per heavy atom. The van der Waals surface area contributed by atoms with E-state index in [1.54, 1.807) is 46.8 Å². The van der Waals surface area contributed by atoms with Crippen LogP contribution in [0.25, 0.3) is 0 Å². The summed E-state index contributed by atoms with van der Waals surface area (Å²) in [5, 5.41) is 18.5. The number of rotatable bonds is 9. The molecule has 1 aliphatic heterocycles. The number of amides is 2. The number of hydrogen-bond acceptors (Lipinski definition) is 8. The van der Waals surface area contributed by atoms with E-state index in [9.17, 15) is 9.59 Å². The van der Waals surface area contributed by atoms with Crippen molar-refractivity contribution in [2.75, 3.05) is 46.6 Å². The van der Waals surface area contributed by atoms with Crippen molar-refractivity contribution in [1.82, 2.24) is 9.62 Å². The first-order chi connectivity index (χ1) is 20.7. The van der Waals surface area contributed by atoms with Gasteiger partial charge in [0, 0.05) is 44.4 Å². The van der Waals surface area contributed by atoms with Gasteiger partial charge in [0.25, 0.3) is 0 Å². The normalized spacial score (nSPS) is 11.7. The number of methoxy groups -OCH3 is 1. The molecule has 1 aliphatic rings. The second-order valence-corrected chi connectivity index (χ2v) is 12.1. The van der Waals surface area contributed by atoms with E-state index >= 15 is 0 Å². The van der Waals surface area contributed by atoms with Crippen LogP contribution in [0.5, 0.6) is 5.75 Å². The summed E-state index contributed by atoms with van der Waals surface area (Å²) in [5.41, 5.74) is 5.59. The number of nitrogens with zero attached hydrogens (tertiary/aromatic N) is 1. The average molecular weight is 640 g/mol. The fourth-order valence-corrected chi connectivity index (χ4v) is 4.31. The fourth-order valence-electron chi connectivity index (χ4n) is 3.16. The standard InChI is InChI=1S/C15H24N2O3S.C7H8.C5H11NO2.C4H8O.C2H6O/c1-12(2)11-17(10-4-9-16-15(18)19)21-14-7-5-13(20-3)6-8-14;1-7-5-3-2-4-6-7;1-5(2,3)8-4(6)7;1-2-4-5-3-1;1-2-3/h5-8,12,16H,4,9-11H2,1-3H3,(H,18,19);2-6H,1H3;1-3H3,(H2,6,7);1-4H2;3H,2H2,1H3. The Balaban J connectivity index is 0. The van der Waals surface area contributed by atoms with Gasteiger partial charge in [0.2, 0.25) is 0 Å². The molecule has 1 heterocycles. The molecule has 5 N–H and O–H groups in total. The van der Waals surface area contributed by atoms with Crippen molar-refractivity contribution in [3.05, 3.63) is 60.2 Å². The minimum absolute atomic E-state index is 0.250. The molecule has 0 unspecified atom stereocenters. The summed E-state index contributed by atoms with van der Waals surface area (Å²) in [5.74, 6) is 1.41. The third-order valence-electron chi connectivity index (χ3n) is 4.90. The average Bonchev–Trinajstić information content (AvgIpc) is 3.52. The first kappa shape index (κ1) is 43.1. The minimum Gasteiger partial charge on any atom is -0.497 e. The van der Waals surface area contributed by atoms with Crippen LogP contribution in [0, 0.1) is 12.8 Å². The van der Waals surface area contributed by atoms with E-state index in [1.807, 2.05) is 42.5 Å². The largest absolute Gasteiger partial charge is 0.497 e. The number of aliphatic hydroxyl groups excluding tert-OH is 1. The number of ether oxygens (including phenoxy) is 3. The molecule has 252 valence electrons. The van der Waals surface area contributed by atoms with Crippen molar-refractivity contribution in [2.24, 2.45) is 11.7 Å². The monoisotopic (exact) mass is 639 g/mol. The number of nitrogens with one attached hydrogen (secondary N) is 1. The zero-order valence-electron chi connectivity index (χ0n) is 28.0. The molecule has 0 bridgehead atoms. The van der Waals surface area contributed by atoms with Crippen molar-refractivity contribution in [3.63, 3.8) is 0 Å². The Bertz CT molecular complexity index is 944. The van der Waals surface area contributed by atoms with E-state index in [1.165, 1.54) is 18.4 Å². The number of carbonyl (C=O) groups excluding carboxylic acids is 1. The van der Waals surface area contributed by atoms with Gasteiger partial charge in [-0.1, -0.05) is 49.7 Å². The molecule has 0 aromatic heterocycles. The highest BCUT2D eigenvalue weighted by molar-refractivity contribution is 7.97. The van der Waals surface area contributed by atoms with Gasteiger partial charge in [-0.05, 0) is 96.0 Å². The number of aryl methyl sites for hydroxylation is 1. The minimum atomic E-state index is -0.965. The molecule has 1 saturated heterocycles. The number of aliphatic hydroxyl groups is 1. The van der Waals surface area contributed by atoms with Crippen LogP contribution in [0.3, 0.4) is 0 Å². The first-order valence-corrected chi connectivity index (χ1v) is 15.7. The van der Waals surface area contributed by atoms with Crippen LogP contribution in [-0.4, -0.2) is 78.9 Å². The Labute approximate surface area is 269 Å². The number of hydrogen-bond donors (Lipinski definition) is 4. The lowest BCUT2D eigenvalue weighted by atomic mass is 10.2. The van der Waals surface area contributed by atoms with Gasteiger partial charge in [-0.2, -0.15) is 0 Å². The predicted molar refractivity (Wildman–Crippen MR) is 180 cm³/mol. The topological polar surface area (TPSA) is 144 Å². The lowest BCUT2D eigenvalue weighted by molar-refractivity contribution is 0.0600. The van der Waals surface area contributed by atoms with Gasteiger partial charge in [0.1, 0.15) is 11.4 Å². The van der Waals surface area contributed by atoms with Crippen LogP contribution >= 0.6 is 11.9 Å². The maximum absolute atomic E-state index is 10.4. The van der Waals surface area contributed by atoms with Gasteiger partial charge in [-0.3, -0.25) is 0 Å². The smallest absolute Gasteiger partial charge is 0.405 e. The molecule has 2 aromatic carbocycles. The third-order valence-corrected chi connectivity index (χ3v) is 5.97. The summed E-state index contributed by atoms with van der Waals surface area (Å²) in [6.45, 7) is 17.9. The van der Waals surface area contributed by atoms with E-state index in [4.69, 9.17) is 25.4 Å². The number of carboxylic acid groups (broad SMARTS) is 1. The Morgan fingerprint density at radius 1 is 1.07 bits per heavy atom. The van der Waals surface area contributed by atoms with Gasteiger partial charge in [-0.15, -0.1) is 0 Å². The predicted octanol–water partition coefficient (Wildman–Crippen LogP) is 6.99. The molecule has 2 amide bonds. The molecule has 1 fully saturated rings. The van der Waals surface area contributed by atoms with Crippen LogP contribution in [0.1, 0.15) is 66.4 Å². The summed E-state index contributed by atoms with van der Waals surface area (Å²) in [4.78, 5) is 21.6. The van der Waals surface area contributed by atoms with Gasteiger partial charge in [0.15, 0.2) is 0 Å². The zero-order chi connectivity index (χ0) is 33.8. The molecule has 44 heavy (non-hydrogen) atoms. The number of benzene rings is 2. The van der Waals surface area contributed by atoms with Crippen LogP contribution in [-0.2, 0) is 9.47 Å². The SMILES string of the molecule is C1CCOC1.CC(C)(C)OC(N)=O.CCO.COc1ccc(SN(CCCNC(=O)O)CC(C)C)cc1.Cc1ccccc1. The van der Waals surface area contributed by atoms with Gasteiger partial charge in [-0.25, -0.2) is 13.9 Å². The maximum Gasteiger partial charge on any atom is 0.405 e. The second-order valence-electron chi connectivity index (χ2n) is 11.0. The second kappa shape index (κ2) is 27.6. The van der Waals surface area contributed by atoms with E-state index in [-0.39, 0.29) is 6.61 Å². The maximum atomic E-state index is 10.4. The molecule has 0 saturated carbocycles. The number of nitrogens with two attached hydrogens (primary N) is 1. The highest BCUT2D eigenvalue weighted by Gasteiger charge is 2.12. The summed E-state index contributed by atoms with van der Waals surface area (Å²) in [7, 11) is 1.66. The molecule has 0 atom stereocenters. The van der Waals surface area contributed by atoms with Crippen molar-refractivity contribution >= 4 is 24.1 Å².